The van der Waals surface area contributed by atoms with E-state index in [0.29, 0.717) is 72.6 Å². The number of benzene rings is 1. The summed E-state index contributed by atoms with van der Waals surface area (Å²) in [4.78, 5) is 20.8. The minimum Gasteiger partial charge on any atom is -0.395 e. The summed E-state index contributed by atoms with van der Waals surface area (Å²) in [5.74, 6) is 1.18. The van der Waals surface area contributed by atoms with Crippen LogP contribution < -0.4 is 14.9 Å². The number of nitrogens with one attached hydrogen (secondary N) is 2. The molecule has 210 valence electrons. The number of pyridine rings is 2. The monoisotopic (exact) mass is 569 g/mol. The van der Waals surface area contributed by atoms with Gasteiger partial charge in [-0.05, 0) is 42.8 Å². The molecule has 1 atom stereocenters. The number of fused-ring (bicyclic) bond motifs is 1. The molecule has 1 saturated heterocycles. The largest absolute Gasteiger partial charge is 0.395 e. The number of ether oxygens (including phenoxy) is 1. The van der Waals surface area contributed by atoms with Crippen molar-refractivity contribution in [3.63, 3.8) is 0 Å². The molecule has 4 aromatic rings. The van der Waals surface area contributed by atoms with E-state index in [1.54, 1.807) is 36.5 Å². The highest BCUT2D eigenvalue weighted by Gasteiger charge is 2.21. The molecule has 4 heterocycles. The van der Waals surface area contributed by atoms with Crippen molar-refractivity contribution in [3.8, 4) is 22.6 Å². The highest BCUT2D eigenvalue weighted by Crippen LogP contribution is 2.32. The van der Waals surface area contributed by atoms with Gasteiger partial charge in [-0.2, -0.15) is 0 Å². The summed E-state index contributed by atoms with van der Waals surface area (Å²) in [6.07, 6.45) is 1.79. The third-order valence-corrected chi connectivity index (χ3v) is 7.34. The third kappa shape index (κ3) is 6.32. The Balaban J connectivity index is 1.53. The summed E-state index contributed by atoms with van der Waals surface area (Å²) >= 11 is 0. The number of hydrogen-bond donors (Lipinski definition) is 3. The van der Waals surface area contributed by atoms with E-state index in [2.05, 4.69) is 19.9 Å². The molecule has 5 rings (SSSR count). The Morgan fingerprint density at radius 1 is 1.07 bits per heavy atom. The van der Waals surface area contributed by atoms with Gasteiger partial charge >= 0.3 is 0 Å². The van der Waals surface area contributed by atoms with E-state index in [1.807, 2.05) is 6.07 Å². The van der Waals surface area contributed by atoms with Gasteiger partial charge < -0.3 is 24.8 Å². The topological polar surface area (TPSA) is 125 Å². The molecule has 0 spiro atoms. The van der Waals surface area contributed by atoms with Crippen LogP contribution in [0.3, 0.4) is 0 Å². The van der Waals surface area contributed by atoms with E-state index in [-0.39, 0.29) is 30.0 Å². The van der Waals surface area contributed by atoms with Crippen LogP contribution in [0.15, 0.2) is 48.7 Å². The smallest absolute Gasteiger partial charge is 0.163 e. The lowest BCUT2D eigenvalue weighted by atomic mass is 10.1. The fourth-order valence-electron chi connectivity index (χ4n) is 4.26. The zero-order valence-corrected chi connectivity index (χ0v) is 22.5. The molecule has 40 heavy (non-hydrogen) atoms. The first-order valence-corrected chi connectivity index (χ1v) is 14.2. The molecule has 13 heteroatoms. The Labute approximate surface area is 232 Å². The maximum Gasteiger partial charge on any atom is 0.163 e. The zero-order valence-electron chi connectivity index (χ0n) is 21.6. The van der Waals surface area contributed by atoms with Gasteiger partial charge in [0.15, 0.2) is 17.5 Å². The summed E-state index contributed by atoms with van der Waals surface area (Å²) in [7, 11) is -1.61. The van der Waals surface area contributed by atoms with Gasteiger partial charge in [0.25, 0.3) is 0 Å². The average molecular weight is 570 g/mol. The van der Waals surface area contributed by atoms with E-state index in [0.717, 1.165) is 0 Å². The lowest BCUT2D eigenvalue weighted by Crippen LogP contribution is -2.37. The predicted octanol–water partition coefficient (Wildman–Crippen LogP) is 3.57. The second kappa shape index (κ2) is 13.0. The van der Waals surface area contributed by atoms with Crippen LogP contribution in [0.25, 0.3) is 33.7 Å². The van der Waals surface area contributed by atoms with E-state index < -0.39 is 23.5 Å². The van der Waals surface area contributed by atoms with E-state index in [9.17, 15) is 8.60 Å². The summed E-state index contributed by atoms with van der Waals surface area (Å²) in [6, 6.07) is 11.8. The Kier molecular flexibility index (Phi) is 9.04. The standard InChI is InChI=1S/C27H29F2N7O3S/c28-9-2-16-40(38)35-21-4-1-3-19(24(21)29)20-6-7-22-25(32-20)27(36-11-14-39-15-12-36)34-26(33-22)18-5-8-23(31-17-18)30-10-13-37/h1,3-8,17,35,37H,2,9-16H2,(H,30,31). The summed E-state index contributed by atoms with van der Waals surface area (Å²) in [6.45, 7) is 2.10. The van der Waals surface area contributed by atoms with Crippen LogP contribution in [0.5, 0.6) is 0 Å². The van der Waals surface area contributed by atoms with Crippen LogP contribution in [0, 0.1) is 5.82 Å². The summed E-state index contributed by atoms with van der Waals surface area (Å²) in [5.41, 5.74) is 2.46. The van der Waals surface area contributed by atoms with Crippen LogP contribution in [0.1, 0.15) is 6.42 Å². The molecule has 0 aliphatic carbocycles. The van der Waals surface area contributed by atoms with Crippen molar-refractivity contribution in [3.05, 3.63) is 54.5 Å². The number of morpholine rings is 1. The molecule has 1 fully saturated rings. The quantitative estimate of drug-likeness (QED) is 0.249. The Morgan fingerprint density at radius 3 is 2.67 bits per heavy atom. The molecule has 10 nitrogen and oxygen atoms in total. The Bertz CT molecular complexity index is 1490. The van der Waals surface area contributed by atoms with Gasteiger partial charge in [0.05, 0.1) is 43.4 Å². The van der Waals surface area contributed by atoms with Crippen molar-refractivity contribution in [2.75, 3.05) is 66.8 Å². The first kappa shape index (κ1) is 27.7. The molecule has 1 aromatic carbocycles. The van der Waals surface area contributed by atoms with Crippen LogP contribution in [0.2, 0.25) is 0 Å². The summed E-state index contributed by atoms with van der Waals surface area (Å²) < 4.78 is 48.3. The number of aromatic nitrogens is 4. The summed E-state index contributed by atoms with van der Waals surface area (Å²) in [5, 5.41) is 12.0. The van der Waals surface area contributed by atoms with Gasteiger partial charge in [-0.15, -0.1) is 0 Å². The highest BCUT2D eigenvalue weighted by molar-refractivity contribution is 7.86. The van der Waals surface area contributed by atoms with Crippen LogP contribution >= 0.6 is 0 Å². The van der Waals surface area contributed by atoms with Gasteiger partial charge in [0.1, 0.15) is 22.3 Å². The van der Waals surface area contributed by atoms with Crippen molar-refractivity contribution in [1.82, 2.24) is 19.9 Å². The minimum atomic E-state index is -1.61. The van der Waals surface area contributed by atoms with Crippen molar-refractivity contribution in [1.29, 1.82) is 0 Å². The van der Waals surface area contributed by atoms with E-state index in [4.69, 9.17) is 24.8 Å². The van der Waals surface area contributed by atoms with Gasteiger partial charge in [-0.3, -0.25) is 4.39 Å². The lowest BCUT2D eigenvalue weighted by molar-refractivity contribution is 0.122. The maximum absolute atomic E-state index is 15.5. The molecule has 0 radical (unpaired) electrons. The molecule has 0 amide bonds. The highest BCUT2D eigenvalue weighted by atomic mass is 32.2. The third-order valence-electron chi connectivity index (χ3n) is 6.24. The van der Waals surface area contributed by atoms with Crippen molar-refractivity contribution >= 4 is 39.3 Å². The molecule has 1 unspecified atom stereocenters. The lowest BCUT2D eigenvalue weighted by Gasteiger charge is -2.28. The Morgan fingerprint density at radius 2 is 1.93 bits per heavy atom. The molecule has 3 N–H and O–H groups in total. The fourth-order valence-corrected chi connectivity index (χ4v) is 5.13. The van der Waals surface area contributed by atoms with Crippen LogP contribution in [0.4, 0.5) is 26.1 Å². The van der Waals surface area contributed by atoms with Gasteiger partial charge in [-0.1, -0.05) is 6.07 Å². The second-order valence-electron chi connectivity index (χ2n) is 8.98. The molecule has 1 aliphatic heterocycles. The number of rotatable bonds is 11. The number of nitrogens with zero attached hydrogens (tertiary/aromatic N) is 5. The molecule has 0 saturated carbocycles. The molecular formula is C27H29F2N7O3S. The van der Waals surface area contributed by atoms with Gasteiger partial charge in [0, 0.05) is 42.7 Å². The van der Waals surface area contributed by atoms with Crippen LogP contribution in [-0.4, -0.2) is 81.1 Å². The molecule has 3 aromatic heterocycles. The number of aliphatic hydroxyl groups is 1. The number of aliphatic hydroxyl groups excluding tert-OH is 1. The second-order valence-corrected chi connectivity index (χ2v) is 10.3. The normalized spacial score (nSPS) is 14.3. The first-order valence-electron chi connectivity index (χ1n) is 12.9. The molecule has 0 bridgehead atoms. The SMILES string of the molecule is O=S(CCCF)Nc1cccc(-c2ccc3nc(-c4ccc(NCCO)nc4)nc(N4CCOCC4)c3n2)c1F. The fraction of sp³-hybridized carbons (Fsp3) is 0.333. The number of anilines is 3. The van der Waals surface area contributed by atoms with Gasteiger partial charge in [-0.25, -0.2) is 28.5 Å². The van der Waals surface area contributed by atoms with E-state index >= 15 is 4.39 Å². The number of alkyl halides is 1. The van der Waals surface area contributed by atoms with Crippen molar-refractivity contribution in [2.45, 2.75) is 6.42 Å². The average Bonchev–Trinajstić information content (AvgIpc) is 3.00. The van der Waals surface area contributed by atoms with Crippen molar-refractivity contribution < 1.29 is 22.8 Å². The Hall–Kier alpha value is -3.81. The van der Waals surface area contributed by atoms with Gasteiger partial charge in [0.2, 0.25) is 0 Å². The maximum atomic E-state index is 15.5. The number of halogens is 2. The molecule has 1 aliphatic rings. The minimum absolute atomic E-state index is 0.000209. The molecular weight excluding hydrogens is 540 g/mol. The van der Waals surface area contributed by atoms with Crippen molar-refractivity contribution in [2.24, 2.45) is 0 Å². The van der Waals surface area contributed by atoms with E-state index in [1.165, 1.54) is 6.07 Å². The number of hydrogen-bond acceptors (Lipinski definition) is 9. The predicted molar refractivity (Wildman–Crippen MR) is 152 cm³/mol. The van der Waals surface area contributed by atoms with Crippen LogP contribution in [-0.2, 0) is 15.7 Å². The first-order chi connectivity index (χ1) is 19.6. The zero-order chi connectivity index (χ0) is 27.9.